The molecule has 0 aliphatic rings. The van der Waals surface area contributed by atoms with Gasteiger partial charge in [0, 0.05) is 0 Å². The third-order valence-corrected chi connectivity index (χ3v) is 0. The van der Waals surface area contributed by atoms with E-state index in [2.05, 4.69) is 11.5 Å². The van der Waals surface area contributed by atoms with Gasteiger partial charge in [0.15, 0.2) is 0 Å². The summed E-state index contributed by atoms with van der Waals surface area (Å²) in [6.45, 7) is 0. The van der Waals surface area contributed by atoms with Crippen LogP contribution < -0.4 is 11.5 Å². The molecule has 4 nitrogen and oxygen atoms in total. The van der Waals surface area contributed by atoms with E-state index < -0.39 is 6.03 Å². The Labute approximate surface area is 65.2 Å². The number of hydrogen-bond donors (Lipinski definition) is 2. The summed E-state index contributed by atoms with van der Waals surface area (Å²) < 4.78 is 0. The first-order valence-corrected chi connectivity index (χ1v) is 0.781. The number of primary amides is 2. The van der Waals surface area contributed by atoms with Crippen molar-refractivity contribution < 1.29 is 10.3 Å². The van der Waals surface area contributed by atoms with Crippen LogP contribution in [0.25, 0.3) is 0 Å². The van der Waals surface area contributed by atoms with E-state index in [1.165, 1.54) is 0 Å². The molecule has 0 aliphatic heterocycles. The molecule has 0 saturated heterocycles. The molecule has 0 atom stereocenters. The quantitative estimate of drug-likeness (QED) is 0.333. The van der Waals surface area contributed by atoms with Crippen molar-refractivity contribution in [3.05, 3.63) is 0 Å². The molecule has 0 aromatic rings. The van der Waals surface area contributed by atoms with Crippen LogP contribution in [0.4, 0.5) is 4.79 Å². The van der Waals surface area contributed by atoms with Crippen molar-refractivity contribution in [2.75, 3.05) is 0 Å². The summed E-state index contributed by atoms with van der Waals surface area (Å²) in [6, 6.07) is -0.833. The van der Waals surface area contributed by atoms with Crippen molar-refractivity contribution in [1.82, 2.24) is 0 Å². The van der Waals surface area contributed by atoms with Crippen LogP contribution in [0.2, 0.25) is 0 Å². The number of urea groups is 1. The maximum absolute atomic E-state index is 9.00. The summed E-state index contributed by atoms with van der Waals surface area (Å²) in [4.78, 5) is 9.00. The van der Waals surface area contributed by atoms with Gasteiger partial charge in [-0.15, -0.1) is 0 Å². The van der Waals surface area contributed by atoms with Gasteiger partial charge in [0.25, 0.3) is 0 Å². The SMILES string of the molecule is NC(N)=O.O.[CaH2]. The topological polar surface area (TPSA) is 101 Å². The second-order valence-corrected chi connectivity index (χ2v) is 0.402. The van der Waals surface area contributed by atoms with Gasteiger partial charge in [-0.3, -0.25) is 0 Å². The summed E-state index contributed by atoms with van der Waals surface area (Å²) in [5, 5.41) is 0. The Balaban J connectivity index is -0.0000000450. The first-order chi connectivity index (χ1) is 1.73. The van der Waals surface area contributed by atoms with Gasteiger partial charge in [-0.2, -0.15) is 0 Å². The van der Waals surface area contributed by atoms with Gasteiger partial charge in [-0.25, -0.2) is 4.79 Å². The fourth-order valence-corrected chi connectivity index (χ4v) is 0. The average molecular weight is 120 g/mol. The zero-order chi connectivity index (χ0) is 3.58. The Morgan fingerprint density at radius 1 is 1.33 bits per heavy atom. The van der Waals surface area contributed by atoms with Gasteiger partial charge in [-0.05, 0) is 0 Å². The van der Waals surface area contributed by atoms with E-state index in [1.54, 1.807) is 0 Å². The third-order valence-electron chi connectivity index (χ3n) is 0. The van der Waals surface area contributed by atoms with Crippen molar-refractivity contribution in [2.24, 2.45) is 11.5 Å². The summed E-state index contributed by atoms with van der Waals surface area (Å²) in [7, 11) is 0. The van der Waals surface area contributed by atoms with Crippen LogP contribution in [-0.4, -0.2) is 49.2 Å². The van der Waals surface area contributed by atoms with E-state index >= 15 is 0 Å². The standard InChI is InChI=1S/CH4N2O.Ca.H2O.2H/c2-1(3)4;;;;/h(H4,2,3,4);;1H2;;. The van der Waals surface area contributed by atoms with Crippen LogP contribution in [0.15, 0.2) is 0 Å². The van der Waals surface area contributed by atoms with E-state index in [-0.39, 0.29) is 43.2 Å². The molecule has 0 fully saturated rings. The van der Waals surface area contributed by atoms with Crippen molar-refractivity contribution >= 4 is 43.8 Å². The van der Waals surface area contributed by atoms with Gasteiger partial charge in [0.05, 0.1) is 0 Å². The minimum atomic E-state index is -0.833. The van der Waals surface area contributed by atoms with Crippen LogP contribution in [0.3, 0.4) is 0 Å². The summed E-state index contributed by atoms with van der Waals surface area (Å²) >= 11 is 0. The molecule has 0 aliphatic carbocycles. The molecule has 6 heavy (non-hydrogen) atoms. The van der Waals surface area contributed by atoms with Crippen molar-refractivity contribution in [3.63, 3.8) is 0 Å². The van der Waals surface area contributed by atoms with Crippen LogP contribution in [0.5, 0.6) is 0 Å². The van der Waals surface area contributed by atoms with E-state index in [9.17, 15) is 0 Å². The Kier molecular flexibility index (Phi) is 24.3. The second-order valence-electron chi connectivity index (χ2n) is 0.402. The molecule has 5 heteroatoms. The van der Waals surface area contributed by atoms with E-state index in [0.717, 1.165) is 0 Å². The monoisotopic (exact) mass is 120 g/mol. The van der Waals surface area contributed by atoms with Gasteiger partial charge in [0.2, 0.25) is 0 Å². The van der Waals surface area contributed by atoms with E-state index in [4.69, 9.17) is 4.79 Å². The zero-order valence-electron chi connectivity index (χ0n) is 2.56. The van der Waals surface area contributed by atoms with E-state index in [0.29, 0.717) is 0 Å². The third kappa shape index (κ3) is 228. The second kappa shape index (κ2) is 9.09. The molecule has 0 spiro atoms. The number of amides is 2. The zero-order valence-corrected chi connectivity index (χ0v) is 2.56. The number of carbonyl (C=O) groups is 1. The fourth-order valence-electron chi connectivity index (χ4n) is 0. The van der Waals surface area contributed by atoms with Gasteiger partial charge in [-0.1, -0.05) is 0 Å². The molecule has 0 unspecified atom stereocenters. The van der Waals surface area contributed by atoms with Crippen LogP contribution in [-0.2, 0) is 0 Å². The molecular formula is CH8CaN2O2. The molecule has 2 amide bonds. The van der Waals surface area contributed by atoms with Crippen LogP contribution in [0.1, 0.15) is 0 Å². The molecule has 36 valence electrons. The maximum atomic E-state index is 9.00. The Morgan fingerprint density at radius 2 is 1.33 bits per heavy atom. The van der Waals surface area contributed by atoms with Gasteiger partial charge in [0.1, 0.15) is 0 Å². The number of rotatable bonds is 0. The molecular weight excluding hydrogens is 112 g/mol. The predicted octanol–water partition coefficient (Wildman–Crippen LogP) is -2.72. The average Bonchev–Trinajstić information content (AvgIpc) is 0.811. The molecule has 0 rings (SSSR count). The van der Waals surface area contributed by atoms with Crippen molar-refractivity contribution in [1.29, 1.82) is 0 Å². The number of carbonyl (C=O) groups excluding carboxylic acids is 1. The summed E-state index contributed by atoms with van der Waals surface area (Å²) in [6.07, 6.45) is 0. The number of hydrogen-bond acceptors (Lipinski definition) is 1. The molecule has 6 N–H and O–H groups in total. The van der Waals surface area contributed by atoms with E-state index in [1.807, 2.05) is 0 Å². The Bertz CT molecular complexity index is 34.5. The minimum absolute atomic E-state index is 0. The van der Waals surface area contributed by atoms with Crippen molar-refractivity contribution in [2.45, 2.75) is 0 Å². The normalized spacial score (nSPS) is 4.00. The first kappa shape index (κ1) is 16.1. The summed E-state index contributed by atoms with van der Waals surface area (Å²) in [5.74, 6) is 0. The van der Waals surface area contributed by atoms with Crippen molar-refractivity contribution in [3.8, 4) is 0 Å². The fraction of sp³-hybridized carbons (Fsp3) is 0. The molecule has 0 heterocycles. The molecule has 0 aromatic heterocycles. The van der Waals surface area contributed by atoms with Gasteiger partial charge >= 0.3 is 43.8 Å². The molecule has 0 aromatic carbocycles. The molecule has 0 radical (unpaired) electrons. The molecule has 0 bridgehead atoms. The Hall–Kier alpha value is 0.490. The van der Waals surface area contributed by atoms with Crippen LogP contribution in [0, 0.1) is 0 Å². The Morgan fingerprint density at radius 3 is 1.33 bits per heavy atom. The first-order valence-electron chi connectivity index (χ1n) is 0.781. The molecule has 0 saturated carbocycles. The van der Waals surface area contributed by atoms with Crippen LogP contribution >= 0.6 is 0 Å². The number of nitrogens with two attached hydrogens (primary N) is 2. The predicted molar refractivity (Wildman–Crippen MR) is 25.9 cm³/mol. The summed E-state index contributed by atoms with van der Waals surface area (Å²) in [5.41, 5.74) is 8.50. The van der Waals surface area contributed by atoms with Gasteiger partial charge < -0.3 is 16.9 Å².